The molecule has 8 heteroatoms. The van der Waals surface area contributed by atoms with Gasteiger partial charge in [0.15, 0.2) is 12.2 Å². The molecule has 0 spiro atoms. The van der Waals surface area contributed by atoms with Crippen molar-refractivity contribution in [2.45, 2.75) is 134 Å². The van der Waals surface area contributed by atoms with Crippen LogP contribution in [0.25, 0.3) is 0 Å². The van der Waals surface area contributed by atoms with Gasteiger partial charge in [-0.2, -0.15) is 0 Å². The number of nitrogens with one attached hydrogen (secondary N) is 1. The Morgan fingerprint density at radius 1 is 0.730 bits per heavy atom. The third kappa shape index (κ3) is 13.9. The number of rotatable bonds is 21. The summed E-state index contributed by atoms with van der Waals surface area (Å²) in [5.74, 6) is -1.43. The number of hydrogen-bond acceptors (Lipinski definition) is 6. The highest BCUT2D eigenvalue weighted by atomic mass is 16.4. The van der Waals surface area contributed by atoms with Gasteiger partial charge in [-0.1, -0.05) is 103 Å². The number of likely N-dealkylation sites (N-methyl/N-ethyl adjacent to an activating group) is 1. The van der Waals surface area contributed by atoms with Crippen LogP contribution in [0.15, 0.2) is 0 Å². The molecule has 218 valence electrons. The summed E-state index contributed by atoms with van der Waals surface area (Å²) in [4.78, 5) is 28.4. The Kier molecular flexibility index (Phi) is 18.1. The average Bonchev–Trinajstić information content (AvgIpc) is 2.89. The molecule has 0 aromatic rings. The van der Waals surface area contributed by atoms with E-state index >= 15 is 0 Å². The molecule has 2 amide bonds. The summed E-state index contributed by atoms with van der Waals surface area (Å²) in [6, 6.07) is 0. The van der Waals surface area contributed by atoms with Crippen LogP contribution in [0, 0.1) is 0 Å². The van der Waals surface area contributed by atoms with Gasteiger partial charge in [-0.05, 0) is 20.4 Å². The SMILES string of the molecule is CCCCCCCCCCCCCCCCCCNC(=O)C(O)C(C)(O)C(O)C(=O)N1CCN(C)CC1. The van der Waals surface area contributed by atoms with Crippen molar-refractivity contribution >= 4 is 11.8 Å². The van der Waals surface area contributed by atoms with Gasteiger partial charge in [0, 0.05) is 32.7 Å². The number of carbonyl (C=O) groups is 2. The van der Waals surface area contributed by atoms with Crippen LogP contribution in [-0.2, 0) is 9.59 Å². The number of hydrogen-bond donors (Lipinski definition) is 4. The number of aliphatic hydroxyl groups is 3. The lowest BCUT2D eigenvalue weighted by Crippen LogP contribution is -2.62. The highest BCUT2D eigenvalue weighted by Gasteiger charge is 2.47. The summed E-state index contributed by atoms with van der Waals surface area (Å²) < 4.78 is 0. The molecule has 4 N–H and O–H groups in total. The highest BCUT2D eigenvalue weighted by molar-refractivity contribution is 5.86. The van der Waals surface area contributed by atoms with E-state index in [0.717, 1.165) is 26.2 Å². The lowest BCUT2D eigenvalue weighted by molar-refractivity contribution is -0.176. The molecular formula is C29H57N3O5. The maximum absolute atomic E-state index is 12.6. The predicted molar refractivity (Wildman–Crippen MR) is 149 cm³/mol. The van der Waals surface area contributed by atoms with Gasteiger partial charge in [0.05, 0.1) is 0 Å². The molecule has 3 unspecified atom stereocenters. The lowest BCUT2D eigenvalue weighted by atomic mass is 9.90. The van der Waals surface area contributed by atoms with Gasteiger partial charge >= 0.3 is 0 Å². The summed E-state index contributed by atoms with van der Waals surface area (Å²) in [5, 5.41) is 34.0. The van der Waals surface area contributed by atoms with E-state index in [1.165, 1.54) is 88.4 Å². The summed E-state index contributed by atoms with van der Waals surface area (Å²) in [7, 11) is 1.95. The van der Waals surface area contributed by atoms with E-state index in [-0.39, 0.29) is 0 Å². The van der Waals surface area contributed by atoms with Crippen LogP contribution in [0.2, 0.25) is 0 Å². The molecule has 3 atom stereocenters. The molecule has 0 aliphatic carbocycles. The zero-order valence-electron chi connectivity index (χ0n) is 24.1. The first-order chi connectivity index (χ1) is 17.7. The molecular weight excluding hydrogens is 470 g/mol. The van der Waals surface area contributed by atoms with Crippen molar-refractivity contribution in [1.82, 2.24) is 15.1 Å². The van der Waals surface area contributed by atoms with Crippen LogP contribution in [-0.4, -0.2) is 94.5 Å². The first-order valence-electron chi connectivity index (χ1n) is 15.0. The molecule has 1 rings (SSSR count). The minimum Gasteiger partial charge on any atom is -0.384 e. The van der Waals surface area contributed by atoms with E-state index < -0.39 is 29.6 Å². The van der Waals surface area contributed by atoms with Crippen molar-refractivity contribution in [3.63, 3.8) is 0 Å². The van der Waals surface area contributed by atoms with Crippen LogP contribution in [0.1, 0.15) is 117 Å². The van der Waals surface area contributed by atoms with Gasteiger partial charge in [0.1, 0.15) is 5.60 Å². The molecule has 1 aliphatic heterocycles. The summed E-state index contributed by atoms with van der Waals surface area (Å²) >= 11 is 0. The van der Waals surface area contributed by atoms with E-state index in [9.17, 15) is 24.9 Å². The fourth-order valence-corrected chi connectivity index (χ4v) is 4.85. The van der Waals surface area contributed by atoms with E-state index in [2.05, 4.69) is 17.1 Å². The average molecular weight is 528 g/mol. The highest BCUT2D eigenvalue weighted by Crippen LogP contribution is 2.19. The second-order valence-corrected chi connectivity index (χ2v) is 11.3. The Hall–Kier alpha value is -1.22. The normalized spacial score (nSPS) is 17.8. The second-order valence-electron chi connectivity index (χ2n) is 11.3. The fraction of sp³-hybridized carbons (Fsp3) is 0.931. The van der Waals surface area contributed by atoms with E-state index in [1.807, 2.05) is 7.05 Å². The molecule has 37 heavy (non-hydrogen) atoms. The standard InChI is InChI=1S/C29H57N3O5/c1-4-5-6-7-8-9-10-11-12-13-14-15-16-17-18-19-20-30-27(35)25(33)29(2,37)26(34)28(36)32-23-21-31(3)22-24-32/h25-26,33-34,37H,4-24H2,1-3H3,(H,30,35). The van der Waals surface area contributed by atoms with E-state index in [1.54, 1.807) is 0 Å². The first-order valence-corrected chi connectivity index (χ1v) is 15.0. The van der Waals surface area contributed by atoms with Crippen LogP contribution >= 0.6 is 0 Å². The molecule has 0 bridgehead atoms. The number of carbonyl (C=O) groups excluding carboxylic acids is 2. The quantitative estimate of drug-likeness (QED) is 0.170. The van der Waals surface area contributed by atoms with Crippen LogP contribution < -0.4 is 5.32 Å². The lowest BCUT2D eigenvalue weighted by Gasteiger charge is -2.38. The minimum atomic E-state index is -2.26. The van der Waals surface area contributed by atoms with Crippen LogP contribution in [0.3, 0.4) is 0 Å². The number of aliphatic hydroxyl groups excluding tert-OH is 2. The van der Waals surface area contributed by atoms with Gasteiger partial charge in [0.25, 0.3) is 11.8 Å². The largest absolute Gasteiger partial charge is 0.384 e. The Labute approximate surface area is 226 Å². The van der Waals surface area contributed by atoms with Gasteiger partial charge in [0.2, 0.25) is 0 Å². The zero-order valence-corrected chi connectivity index (χ0v) is 24.1. The molecule has 1 aliphatic rings. The molecule has 1 fully saturated rings. The fourth-order valence-electron chi connectivity index (χ4n) is 4.85. The Morgan fingerprint density at radius 2 is 1.14 bits per heavy atom. The van der Waals surface area contributed by atoms with Crippen molar-refractivity contribution in [1.29, 1.82) is 0 Å². The van der Waals surface area contributed by atoms with E-state index in [0.29, 0.717) is 32.7 Å². The van der Waals surface area contributed by atoms with Crippen molar-refractivity contribution < 1.29 is 24.9 Å². The van der Waals surface area contributed by atoms with Gasteiger partial charge in [-0.15, -0.1) is 0 Å². The Balaban J connectivity index is 2.05. The molecule has 1 heterocycles. The monoisotopic (exact) mass is 527 g/mol. The number of nitrogens with zero attached hydrogens (tertiary/aromatic N) is 2. The third-order valence-corrected chi connectivity index (χ3v) is 7.73. The van der Waals surface area contributed by atoms with Crippen LogP contribution in [0.5, 0.6) is 0 Å². The Morgan fingerprint density at radius 3 is 1.57 bits per heavy atom. The van der Waals surface area contributed by atoms with Crippen molar-refractivity contribution in [3.8, 4) is 0 Å². The third-order valence-electron chi connectivity index (χ3n) is 7.73. The van der Waals surface area contributed by atoms with Gasteiger partial charge in [-0.25, -0.2) is 0 Å². The molecule has 0 radical (unpaired) electrons. The van der Waals surface area contributed by atoms with Gasteiger partial charge < -0.3 is 30.4 Å². The van der Waals surface area contributed by atoms with Crippen molar-refractivity contribution in [2.75, 3.05) is 39.8 Å². The second kappa shape index (κ2) is 19.8. The maximum atomic E-state index is 12.6. The van der Waals surface area contributed by atoms with Crippen molar-refractivity contribution in [2.24, 2.45) is 0 Å². The summed E-state index contributed by atoms with van der Waals surface area (Å²) in [5.41, 5.74) is -2.26. The molecule has 8 nitrogen and oxygen atoms in total. The van der Waals surface area contributed by atoms with Gasteiger partial charge in [-0.3, -0.25) is 9.59 Å². The number of unbranched alkanes of at least 4 members (excludes halogenated alkanes) is 15. The molecule has 1 saturated heterocycles. The molecule has 0 aromatic heterocycles. The van der Waals surface area contributed by atoms with E-state index in [4.69, 9.17) is 0 Å². The summed E-state index contributed by atoms with van der Waals surface area (Å²) in [6.45, 7) is 5.99. The maximum Gasteiger partial charge on any atom is 0.254 e. The molecule has 0 saturated carbocycles. The number of amides is 2. The Bertz CT molecular complexity index is 608. The van der Waals surface area contributed by atoms with Crippen molar-refractivity contribution in [3.05, 3.63) is 0 Å². The number of piperazine rings is 1. The predicted octanol–water partition coefficient (Wildman–Crippen LogP) is 3.61. The first kappa shape index (κ1) is 33.8. The molecule has 0 aromatic carbocycles. The minimum absolute atomic E-state index is 0.396. The smallest absolute Gasteiger partial charge is 0.254 e. The van der Waals surface area contributed by atoms with Crippen LogP contribution in [0.4, 0.5) is 0 Å². The summed E-state index contributed by atoms with van der Waals surface area (Å²) in [6.07, 6.45) is 16.6. The zero-order chi connectivity index (χ0) is 27.5. The topological polar surface area (TPSA) is 113 Å².